The summed E-state index contributed by atoms with van der Waals surface area (Å²) in [7, 11) is -1.09. The van der Waals surface area contributed by atoms with Gasteiger partial charge < -0.3 is 10.6 Å². The van der Waals surface area contributed by atoms with Gasteiger partial charge in [0.25, 0.3) is 0 Å². The third-order valence-corrected chi connectivity index (χ3v) is 5.49. The maximum atomic E-state index is 12.2. The third-order valence-electron chi connectivity index (χ3n) is 4.12. The van der Waals surface area contributed by atoms with Crippen molar-refractivity contribution in [2.45, 2.75) is 23.8 Å². The van der Waals surface area contributed by atoms with Crippen LogP contribution in [0, 0.1) is 5.92 Å². The van der Waals surface area contributed by atoms with Gasteiger partial charge >= 0.3 is 6.03 Å². The molecule has 0 radical (unpaired) electrons. The maximum absolute atomic E-state index is 12.2. The van der Waals surface area contributed by atoms with Crippen LogP contribution in [0.3, 0.4) is 0 Å². The Morgan fingerprint density at radius 3 is 2.29 bits per heavy atom. The molecule has 0 aliphatic heterocycles. The molecule has 5 heteroatoms. The molecule has 3 rings (SSSR count). The van der Waals surface area contributed by atoms with Crippen molar-refractivity contribution in [3.05, 3.63) is 66.2 Å². The number of hydrogen-bond donors (Lipinski definition) is 2. The summed E-state index contributed by atoms with van der Waals surface area (Å²) in [6.07, 6.45) is 2.30. The minimum Gasteiger partial charge on any atom is -0.337 e. The molecule has 0 spiro atoms. The number of hydrogen-bond acceptors (Lipinski definition) is 2. The highest BCUT2D eigenvalue weighted by molar-refractivity contribution is 7.85. The first-order chi connectivity index (χ1) is 11.7. The van der Waals surface area contributed by atoms with Gasteiger partial charge in [-0.25, -0.2) is 4.79 Å². The second-order valence-electron chi connectivity index (χ2n) is 5.99. The van der Waals surface area contributed by atoms with Crippen LogP contribution in [0.15, 0.2) is 65.6 Å². The average Bonchev–Trinajstić information content (AvgIpc) is 3.46. The Bertz CT molecular complexity index is 687. The Balaban J connectivity index is 1.47. The molecule has 0 heterocycles. The second-order valence-corrected chi connectivity index (χ2v) is 7.56. The monoisotopic (exact) mass is 342 g/mol. The van der Waals surface area contributed by atoms with Gasteiger partial charge in [0, 0.05) is 17.2 Å². The van der Waals surface area contributed by atoms with E-state index >= 15 is 0 Å². The van der Waals surface area contributed by atoms with Gasteiger partial charge in [0.15, 0.2) is 0 Å². The van der Waals surface area contributed by atoms with E-state index in [2.05, 4.69) is 10.6 Å². The predicted molar refractivity (Wildman–Crippen MR) is 96.2 cm³/mol. The van der Waals surface area contributed by atoms with Crippen LogP contribution >= 0.6 is 0 Å². The summed E-state index contributed by atoms with van der Waals surface area (Å²) >= 11 is 0. The lowest BCUT2D eigenvalue weighted by Gasteiger charge is -2.19. The molecule has 1 aliphatic carbocycles. The highest BCUT2D eigenvalue weighted by atomic mass is 32.2. The summed E-state index contributed by atoms with van der Waals surface area (Å²) in [5, 5.41) is 5.88. The summed E-state index contributed by atoms with van der Waals surface area (Å²) in [5.41, 5.74) is 1.14. The number of urea groups is 1. The van der Waals surface area contributed by atoms with Crippen molar-refractivity contribution in [1.82, 2.24) is 10.6 Å². The van der Waals surface area contributed by atoms with Crippen LogP contribution in [0.4, 0.5) is 4.79 Å². The number of carbonyl (C=O) groups excluding carboxylic acids is 1. The van der Waals surface area contributed by atoms with E-state index in [0.29, 0.717) is 18.2 Å². The zero-order valence-corrected chi connectivity index (χ0v) is 14.3. The standard InChI is InChI=1S/C19H22N2O2S/c22-19(20-13-14-24(23)17-9-5-2-6-10-17)21-18(16-11-12-16)15-7-3-1-4-8-15/h1-10,16,18H,11-14H2,(H2,20,21,22)/t18-,24+/m1/s1. The van der Waals surface area contributed by atoms with E-state index in [9.17, 15) is 9.00 Å². The van der Waals surface area contributed by atoms with Gasteiger partial charge in [-0.1, -0.05) is 48.5 Å². The lowest BCUT2D eigenvalue weighted by atomic mass is 10.0. The fourth-order valence-corrected chi connectivity index (χ4v) is 3.69. The van der Waals surface area contributed by atoms with E-state index in [0.717, 1.165) is 23.3 Å². The molecule has 0 saturated heterocycles. The van der Waals surface area contributed by atoms with Crippen LogP contribution in [0.2, 0.25) is 0 Å². The summed E-state index contributed by atoms with van der Waals surface area (Å²) in [4.78, 5) is 12.9. The molecule has 0 unspecified atom stereocenters. The first-order valence-corrected chi connectivity index (χ1v) is 9.58. The van der Waals surface area contributed by atoms with Gasteiger partial charge in [-0.3, -0.25) is 4.21 Å². The number of carbonyl (C=O) groups is 1. The molecule has 2 N–H and O–H groups in total. The van der Waals surface area contributed by atoms with Crippen LogP contribution in [-0.4, -0.2) is 22.5 Å². The van der Waals surface area contributed by atoms with Crippen LogP contribution in [0.5, 0.6) is 0 Å². The summed E-state index contributed by atoms with van der Waals surface area (Å²) in [6, 6.07) is 19.2. The molecule has 24 heavy (non-hydrogen) atoms. The third kappa shape index (κ3) is 4.68. The van der Waals surface area contributed by atoms with Crippen molar-refractivity contribution in [3.8, 4) is 0 Å². The van der Waals surface area contributed by atoms with Crippen molar-refractivity contribution >= 4 is 16.8 Å². The first-order valence-electron chi connectivity index (χ1n) is 8.27. The molecule has 2 amide bonds. The minimum atomic E-state index is -1.09. The Hall–Kier alpha value is -2.14. The average molecular weight is 342 g/mol. The molecule has 4 nitrogen and oxygen atoms in total. The molecule has 2 atom stereocenters. The molecule has 1 fully saturated rings. The van der Waals surface area contributed by atoms with E-state index in [1.165, 1.54) is 0 Å². The minimum absolute atomic E-state index is 0.0609. The Morgan fingerprint density at radius 2 is 1.67 bits per heavy atom. The van der Waals surface area contributed by atoms with Gasteiger partial charge in [-0.05, 0) is 36.5 Å². The van der Waals surface area contributed by atoms with Crippen molar-refractivity contribution in [3.63, 3.8) is 0 Å². The number of amides is 2. The normalized spacial score (nSPS) is 16.2. The number of nitrogens with one attached hydrogen (secondary N) is 2. The molecule has 0 bridgehead atoms. The van der Waals surface area contributed by atoms with E-state index in [1.54, 1.807) is 0 Å². The molecule has 1 saturated carbocycles. The zero-order valence-electron chi connectivity index (χ0n) is 13.5. The molecule has 2 aromatic carbocycles. The quantitative estimate of drug-likeness (QED) is 0.811. The lowest BCUT2D eigenvalue weighted by Crippen LogP contribution is -2.40. The van der Waals surface area contributed by atoms with Gasteiger partial charge in [0.1, 0.15) is 0 Å². The Kier molecular flexibility index (Phi) is 5.64. The predicted octanol–water partition coefficient (Wildman–Crippen LogP) is 3.24. The molecule has 126 valence electrons. The van der Waals surface area contributed by atoms with Gasteiger partial charge in [-0.15, -0.1) is 0 Å². The van der Waals surface area contributed by atoms with Gasteiger partial charge in [0.05, 0.1) is 16.8 Å². The second kappa shape index (κ2) is 8.11. The summed E-state index contributed by atoms with van der Waals surface area (Å²) < 4.78 is 12.1. The fourth-order valence-electron chi connectivity index (χ4n) is 2.70. The lowest BCUT2D eigenvalue weighted by molar-refractivity contribution is 0.236. The Labute approximate surface area is 145 Å². The highest BCUT2D eigenvalue weighted by Crippen LogP contribution is 2.40. The van der Waals surface area contributed by atoms with Crippen LogP contribution in [0.25, 0.3) is 0 Å². The zero-order chi connectivity index (χ0) is 16.8. The smallest absolute Gasteiger partial charge is 0.315 e. The van der Waals surface area contributed by atoms with Crippen LogP contribution < -0.4 is 10.6 Å². The van der Waals surface area contributed by atoms with E-state index in [1.807, 2.05) is 60.7 Å². The molecular formula is C19H22N2O2S. The van der Waals surface area contributed by atoms with E-state index < -0.39 is 10.8 Å². The molecule has 2 aromatic rings. The summed E-state index contributed by atoms with van der Waals surface area (Å²) in [5.74, 6) is 0.938. The first kappa shape index (κ1) is 16.7. The Morgan fingerprint density at radius 1 is 1.04 bits per heavy atom. The molecule has 0 aromatic heterocycles. The van der Waals surface area contributed by atoms with Crippen LogP contribution in [-0.2, 0) is 10.8 Å². The summed E-state index contributed by atoms with van der Waals surface area (Å²) in [6.45, 7) is 0.388. The van der Waals surface area contributed by atoms with Crippen LogP contribution in [0.1, 0.15) is 24.4 Å². The van der Waals surface area contributed by atoms with E-state index in [4.69, 9.17) is 0 Å². The topological polar surface area (TPSA) is 58.2 Å². The number of benzene rings is 2. The highest BCUT2D eigenvalue weighted by Gasteiger charge is 2.33. The molecular weight excluding hydrogens is 320 g/mol. The van der Waals surface area contributed by atoms with Gasteiger partial charge in [-0.2, -0.15) is 0 Å². The van der Waals surface area contributed by atoms with E-state index in [-0.39, 0.29) is 12.1 Å². The SMILES string of the molecule is O=C(NCC[S@](=O)c1ccccc1)N[C@H](c1ccccc1)C1CC1. The largest absolute Gasteiger partial charge is 0.337 e. The molecule has 1 aliphatic rings. The van der Waals surface area contributed by atoms with Crippen molar-refractivity contribution < 1.29 is 9.00 Å². The van der Waals surface area contributed by atoms with Crippen molar-refractivity contribution in [1.29, 1.82) is 0 Å². The fraction of sp³-hybridized carbons (Fsp3) is 0.316. The van der Waals surface area contributed by atoms with Crippen molar-refractivity contribution in [2.75, 3.05) is 12.3 Å². The number of rotatable bonds is 7. The van der Waals surface area contributed by atoms with Gasteiger partial charge in [0.2, 0.25) is 0 Å². The maximum Gasteiger partial charge on any atom is 0.315 e. The van der Waals surface area contributed by atoms with Crippen molar-refractivity contribution in [2.24, 2.45) is 5.92 Å².